The molecular formula is C19H19NO4. The van der Waals surface area contributed by atoms with E-state index in [4.69, 9.17) is 18.9 Å². The number of ether oxygens (including phenoxy) is 4. The Morgan fingerprint density at radius 2 is 2.08 bits per heavy atom. The Balaban J connectivity index is 1.85. The van der Waals surface area contributed by atoms with Crippen molar-refractivity contribution in [1.82, 2.24) is 5.32 Å². The van der Waals surface area contributed by atoms with Gasteiger partial charge in [-0.2, -0.15) is 0 Å². The van der Waals surface area contributed by atoms with Gasteiger partial charge in [0, 0.05) is 12.7 Å². The molecule has 24 heavy (non-hydrogen) atoms. The second-order valence-corrected chi connectivity index (χ2v) is 6.35. The van der Waals surface area contributed by atoms with Gasteiger partial charge in [0.15, 0.2) is 11.5 Å². The van der Waals surface area contributed by atoms with Gasteiger partial charge >= 0.3 is 0 Å². The number of hydrogen-bond donors (Lipinski definition) is 1. The molecule has 0 amide bonds. The highest BCUT2D eigenvalue weighted by Gasteiger charge is 2.41. The smallest absolute Gasteiger partial charge is 0.231 e. The number of benzene rings is 2. The maximum Gasteiger partial charge on any atom is 0.231 e. The third-order valence-corrected chi connectivity index (χ3v) is 5.25. The highest BCUT2D eigenvalue weighted by Crippen LogP contribution is 2.56. The Morgan fingerprint density at radius 1 is 1.17 bits per heavy atom. The molecule has 0 radical (unpaired) electrons. The van der Waals surface area contributed by atoms with Gasteiger partial charge in [-0.3, -0.25) is 0 Å². The average molecular weight is 325 g/mol. The predicted molar refractivity (Wildman–Crippen MR) is 88.8 cm³/mol. The summed E-state index contributed by atoms with van der Waals surface area (Å²) in [4.78, 5) is 0. The van der Waals surface area contributed by atoms with Crippen LogP contribution in [0.25, 0.3) is 11.1 Å². The van der Waals surface area contributed by atoms with Gasteiger partial charge in [-0.05, 0) is 53.4 Å². The lowest BCUT2D eigenvalue weighted by Crippen LogP contribution is -2.37. The molecule has 1 N–H and O–H groups in total. The largest absolute Gasteiger partial charge is 0.497 e. The van der Waals surface area contributed by atoms with E-state index < -0.39 is 0 Å². The first kappa shape index (κ1) is 14.1. The maximum atomic E-state index is 5.90. The Labute approximate surface area is 140 Å². The molecular weight excluding hydrogens is 306 g/mol. The van der Waals surface area contributed by atoms with Crippen molar-refractivity contribution in [2.45, 2.75) is 18.6 Å². The molecule has 1 aliphatic carbocycles. The average Bonchev–Trinajstić information content (AvgIpc) is 3.09. The quantitative estimate of drug-likeness (QED) is 0.920. The van der Waals surface area contributed by atoms with Crippen molar-refractivity contribution < 1.29 is 18.9 Å². The minimum atomic E-state index is -0.0537. The molecule has 2 atom stereocenters. The molecule has 2 unspecified atom stereocenters. The molecule has 0 saturated carbocycles. The van der Waals surface area contributed by atoms with Crippen LogP contribution in [0.2, 0.25) is 0 Å². The molecule has 5 nitrogen and oxygen atoms in total. The molecule has 0 bridgehead atoms. The third-order valence-electron chi connectivity index (χ3n) is 5.25. The summed E-state index contributed by atoms with van der Waals surface area (Å²) in [6, 6.07) is 8.41. The standard InChI is InChI=1S/C19H19NO4/c1-21-11-3-4-12-13(8-11)18(22-2)17-15-10(5-6-20-17)7-14-19(16(12)15)24-9-23-14/h3-4,7-8,17-18,20H,5-6,9H2,1-2H3. The lowest BCUT2D eigenvalue weighted by atomic mass is 9.75. The van der Waals surface area contributed by atoms with Crippen molar-refractivity contribution >= 4 is 0 Å². The lowest BCUT2D eigenvalue weighted by molar-refractivity contribution is 0.0639. The summed E-state index contributed by atoms with van der Waals surface area (Å²) in [5.74, 6) is 2.53. The zero-order valence-electron chi connectivity index (χ0n) is 13.7. The number of nitrogens with one attached hydrogen (secondary N) is 1. The molecule has 0 aromatic heterocycles. The molecule has 5 rings (SSSR count). The molecule has 124 valence electrons. The fraction of sp³-hybridized carbons (Fsp3) is 0.368. The number of fused-ring (bicyclic) bond motifs is 4. The molecule has 0 saturated heterocycles. The van der Waals surface area contributed by atoms with Gasteiger partial charge in [-0.1, -0.05) is 6.07 Å². The van der Waals surface area contributed by atoms with Crippen molar-refractivity contribution in [3.63, 3.8) is 0 Å². The van der Waals surface area contributed by atoms with Gasteiger partial charge in [-0.25, -0.2) is 0 Å². The fourth-order valence-corrected chi connectivity index (χ4v) is 4.24. The summed E-state index contributed by atoms with van der Waals surface area (Å²) in [5.41, 5.74) is 6.01. The Morgan fingerprint density at radius 3 is 2.92 bits per heavy atom. The summed E-state index contributed by atoms with van der Waals surface area (Å²) < 4.78 is 22.8. The minimum absolute atomic E-state index is 0.0537. The van der Waals surface area contributed by atoms with E-state index in [-0.39, 0.29) is 18.9 Å². The van der Waals surface area contributed by atoms with Crippen LogP contribution in [0.3, 0.4) is 0 Å². The second kappa shape index (κ2) is 5.13. The first-order valence-corrected chi connectivity index (χ1v) is 8.21. The molecule has 2 aliphatic heterocycles. The second-order valence-electron chi connectivity index (χ2n) is 6.35. The van der Waals surface area contributed by atoms with Crippen LogP contribution >= 0.6 is 0 Å². The van der Waals surface area contributed by atoms with Gasteiger partial charge in [0.2, 0.25) is 6.79 Å². The van der Waals surface area contributed by atoms with Gasteiger partial charge < -0.3 is 24.3 Å². The maximum absolute atomic E-state index is 5.90. The van der Waals surface area contributed by atoms with Gasteiger partial charge in [0.05, 0.1) is 13.2 Å². The van der Waals surface area contributed by atoms with Crippen molar-refractivity contribution in [2.75, 3.05) is 27.6 Å². The van der Waals surface area contributed by atoms with Crippen LogP contribution in [0, 0.1) is 0 Å². The van der Waals surface area contributed by atoms with E-state index in [0.29, 0.717) is 0 Å². The van der Waals surface area contributed by atoms with Crippen LogP contribution < -0.4 is 19.5 Å². The van der Waals surface area contributed by atoms with E-state index in [0.717, 1.165) is 46.9 Å². The predicted octanol–water partition coefficient (Wildman–Crippen LogP) is 2.98. The van der Waals surface area contributed by atoms with Crippen LogP contribution in [0.4, 0.5) is 0 Å². The summed E-state index contributed by atoms with van der Waals surface area (Å²) in [6.07, 6.45) is 0.930. The molecule has 5 heteroatoms. The van der Waals surface area contributed by atoms with Gasteiger partial charge in [0.25, 0.3) is 0 Å². The summed E-state index contributed by atoms with van der Waals surface area (Å²) in [7, 11) is 3.45. The van der Waals surface area contributed by atoms with Crippen LogP contribution in [-0.4, -0.2) is 27.6 Å². The zero-order chi connectivity index (χ0) is 16.3. The SMILES string of the molecule is COc1ccc2c(c1)C(OC)C1NCCc3cc4c(c-2c31)OCO4. The summed E-state index contributed by atoms with van der Waals surface area (Å²) in [5, 5.41) is 3.63. The monoisotopic (exact) mass is 325 g/mol. The molecule has 0 fully saturated rings. The highest BCUT2D eigenvalue weighted by molar-refractivity contribution is 5.84. The topological polar surface area (TPSA) is 49.0 Å². The Kier molecular flexibility index (Phi) is 3.02. The van der Waals surface area contributed by atoms with E-state index in [2.05, 4.69) is 23.5 Å². The fourth-order valence-electron chi connectivity index (χ4n) is 4.24. The summed E-state index contributed by atoms with van der Waals surface area (Å²) in [6.45, 7) is 1.21. The number of methoxy groups -OCH3 is 2. The van der Waals surface area contributed by atoms with Crippen molar-refractivity contribution in [3.05, 3.63) is 41.0 Å². The summed E-state index contributed by atoms with van der Waals surface area (Å²) >= 11 is 0. The first-order valence-electron chi connectivity index (χ1n) is 8.21. The van der Waals surface area contributed by atoms with Crippen LogP contribution in [0.15, 0.2) is 24.3 Å². The third kappa shape index (κ3) is 1.77. The van der Waals surface area contributed by atoms with Crippen molar-refractivity contribution in [2.24, 2.45) is 0 Å². The van der Waals surface area contributed by atoms with E-state index in [1.807, 2.05) is 6.07 Å². The molecule has 3 aliphatic rings. The van der Waals surface area contributed by atoms with Crippen LogP contribution in [-0.2, 0) is 11.2 Å². The van der Waals surface area contributed by atoms with E-state index in [1.165, 1.54) is 11.1 Å². The lowest BCUT2D eigenvalue weighted by Gasteiger charge is -2.39. The van der Waals surface area contributed by atoms with Gasteiger partial charge in [0.1, 0.15) is 11.9 Å². The molecule has 2 heterocycles. The van der Waals surface area contributed by atoms with E-state index >= 15 is 0 Å². The molecule has 2 aromatic rings. The van der Waals surface area contributed by atoms with E-state index in [9.17, 15) is 0 Å². The highest BCUT2D eigenvalue weighted by atomic mass is 16.7. The zero-order valence-corrected chi connectivity index (χ0v) is 13.7. The van der Waals surface area contributed by atoms with Crippen molar-refractivity contribution in [1.29, 1.82) is 0 Å². The molecule has 2 aromatic carbocycles. The first-order chi connectivity index (χ1) is 11.8. The van der Waals surface area contributed by atoms with E-state index in [1.54, 1.807) is 14.2 Å². The van der Waals surface area contributed by atoms with Gasteiger partial charge in [-0.15, -0.1) is 0 Å². The number of rotatable bonds is 2. The van der Waals surface area contributed by atoms with Crippen LogP contribution in [0.5, 0.6) is 17.2 Å². The Bertz CT molecular complexity index is 833. The molecule has 0 spiro atoms. The normalized spacial score (nSPS) is 22.8. The minimum Gasteiger partial charge on any atom is -0.497 e. The van der Waals surface area contributed by atoms with Crippen molar-refractivity contribution in [3.8, 4) is 28.4 Å². The Hall–Kier alpha value is -2.24. The van der Waals surface area contributed by atoms with Crippen LogP contribution in [0.1, 0.15) is 28.8 Å². The number of hydrogen-bond acceptors (Lipinski definition) is 5.